The number of rotatable bonds is 6. The van der Waals surface area contributed by atoms with Crippen LogP contribution in [0, 0.1) is 6.92 Å². The third kappa shape index (κ3) is 5.25. The maximum Gasteiger partial charge on any atom is 0.266 e. The fourth-order valence-corrected chi connectivity index (χ4v) is 3.85. The molecule has 0 saturated heterocycles. The largest absolute Gasteiger partial charge is 0.326 e. The first kappa shape index (κ1) is 21.5. The van der Waals surface area contributed by atoms with Gasteiger partial charge in [-0.05, 0) is 55.0 Å². The van der Waals surface area contributed by atoms with E-state index in [-0.39, 0.29) is 17.7 Å². The van der Waals surface area contributed by atoms with Gasteiger partial charge in [-0.3, -0.25) is 14.4 Å². The van der Waals surface area contributed by atoms with Gasteiger partial charge < -0.3 is 16.0 Å². The van der Waals surface area contributed by atoms with Gasteiger partial charge in [-0.2, -0.15) is 0 Å². The molecule has 0 bridgehead atoms. The highest BCUT2D eigenvalue weighted by Crippen LogP contribution is 2.29. The molecule has 0 saturated carbocycles. The summed E-state index contributed by atoms with van der Waals surface area (Å²) >= 11 is 7.25. The fourth-order valence-electron chi connectivity index (χ4n) is 2.67. The van der Waals surface area contributed by atoms with Gasteiger partial charge >= 0.3 is 0 Å². The van der Waals surface area contributed by atoms with Crippen LogP contribution in [0.4, 0.5) is 16.4 Å². The lowest BCUT2D eigenvalue weighted by Crippen LogP contribution is -2.12. The SMILES string of the molecule is CCC(=O)Nc1ccc(NC(=O)c2sc(NC(=O)c3ccccc3Cl)cc2C)cc1. The molecule has 3 rings (SSSR count). The second-order valence-electron chi connectivity index (χ2n) is 6.49. The normalized spacial score (nSPS) is 10.4. The van der Waals surface area contributed by atoms with Crippen molar-refractivity contribution in [2.24, 2.45) is 0 Å². The number of carbonyl (C=O) groups excluding carboxylic acids is 3. The maximum atomic E-state index is 12.7. The van der Waals surface area contributed by atoms with E-state index in [0.29, 0.717) is 38.3 Å². The number of hydrogen-bond donors (Lipinski definition) is 3. The summed E-state index contributed by atoms with van der Waals surface area (Å²) in [4.78, 5) is 37.0. The number of halogens is 1. The quantitative estimate of drug-likeness (QED) is 0.467. The minimum absolute atomic E-state index is 0.0765. The van der Waals surface area contributed by atoms with Crippen molar-refractivity contribution >= 4 is 57.0 Å². The molecule has 3 N–H and O–H groups in total. The van der Waals surface area contributed by atoms with Gasteiger partial charge in [0.2, 0.25) is 5.91 Å². The highest BCUT2D eigenvalue weighted by Gasteiger charge is 2.17. The van der Waals surface area contributed by atoms with Crippen molar-refractivity contribution in [1.82, 2.24) is 0 Å². The summed E-state index contributed by atoms with van der Waals surface area (Å²) in [6.45, 7) is 3.58. The second kappa shape index (κ2) is 9.56. The van der Waals surface area contributed by atoms with E-state index >= 15 is 0 Å². The highest BCUT2D eigenvalue weighted by molar-refractivity contribution is 7.18. The number of thiophene rings is 1. The molecule has 3 amide bonds. The Bertz CT molecular complexity index is 1090. The van der Waals surface area contributed by atoms with Crippen LogP contribution in [0.15, 0.2) is 54.6 Å². The molecule has 0 atom stereocenters. The van der Waals surface area contributed by atoms with Crippen LogP contribution in [0.25, 0.3) is 0 Å². The third-order valence-corrected chi connectivity index (χ3v) is 5.71. The second-order valence-corrected chi connectivity index (χ2v) is 7.95. The average Bonchev–Trinajstić information content (AvgIpc) is 3.09. The molecule has 0 radical (unpaired) electrons. The summed E-state index contributed by atoms with van der Waals surface area (Å²) in [5.41, 5.74) is 2.38. The molecule has 0 unspecified atom stereocenters. The topological polar surface area (TPSA) is 87.3 Å². The van der Waals surface area contributed by atoms with Crippen LogP contribution < -0.4 is 16.0 Å². The Morgan fingerprint density at radius 3 is 2.17 bits per heavy atom. The number of anilines is 3. The van der Waals surface area contributed by atoms with Crippen LogP contribution in [0.3, 0.4) is 0 Å². The van der Waals surface area contributed by atoms with Gasteiger partial charge in [-0.25, -0.2) is 0 Å². The van der Waals surface area contributed by atoms with Crippen LogP contribution in [0.1, 0.15) is 38.9 Å². The molecule has 6 nitrogen and oxygen atoms in total. The Kier molecular flexibility index (Phi) is 6.87. The maximum absolute atomic E-state index is 12.7. The van der Waals surface area contributed by atoms with Crippen LogP contribution in [0.2, 0.25) is 5.02 Å². The van der Waals surface area contributed by atoms with Gasteiger partial charge in [-0.15, -0.1) is 11.3 Å². The average molecular weight is 442 g/mol. The number of nitrogens with one attached hydrogen (secondary N) is 3. The first-order chi connectivity index (χ1) is 14.4. The molecule has 1 aromatic heterocycles. The van der Waals surface area contributed by atoms with Gasteiger partial charge in [-0.1, -0.05) is 30.7 Å². The molecule has 0 aliphatic carbocycles. The Morgan fingerprint density at radius 2 is 1.53 bits per heavy atom. The zero-order valence-electron chi connectivity index (χ0n) is 16.4. The van der Waals surface area contributed by atoms with E-state index in [4.69, 9.17) is 11.6 Å². The standard InChI is InChI=1S/C22H20ClN3O3S/c1-3-18(27)24-14-8-10-15(11-9-14)25-22(29)20-13(2)12-19(30-20)26-21(28)16-6-4-5-7-17(16)23/h4-12H,3H2,1-2H3,(H,24,27)(H,25,29)(H,26,28). The molecular weight excluding hydrogens is 422 g/mol. The number of benzene rings is 2. The molecule has 1 heterocycles. The highest BCUT2D eigenvalue weighted by atomic mass is 35.5. The molecule has 8 heteroatoms. The number of amides is 3. The Morgan fingerprint density at radius 1 is 0.900 bits per heavy atom. The fraction of sp³-hybridized carbons (Fsp3) is 0.136. The Hall–Kier alpha value is -3.16. The molecule has 0 spiro atoms. The zero-order chi connectivity index (χ0) is 21.7. The summed E-state index contributed by atoms with van der Waals surface area (Å²) in [6.07, 6.45) is 0.394. The predicted octanol–water partition coefficient (Wildman–Crippen LogP) is 5.56. The lowest BCUT2D eigenvalue weighted by atomic mass is 10.2. The molecule has 0 aliphatic heterocycles. The van der Waals surface area contributed by atoms with Crippen molar-refractivity contribution in [3.8, 4) is 0 Å². The van der Waals surface area contributed by atoms with Crippen LogP contribution in [0.5, 0.6) is 0 Å². The number of carbonyl (C=O) groups is 3. The van der Waals surface area contributed by atoms with Gasteiger partial charge in [0.25, 0.3) is 11.8 Å². The summed E-state index contributed by atoms with van der Waals surface area (Å²) in [7, 11) is 0. The summed E-state index contributed by atoms with van der Waals surface area (Å²) in [5.74, 6) is -0.688. The summed E-state index contributed by atoms with van der Waals surface area (Å²) in [5, 5.41) is 9.28. The Balaban J connectivity index is 1.67. The minimum atomic E-state index is -0.335. The van der Waals surface area contributed by atoms with Gasteiger partial charge in [0, 0.05) is 17.8 Å². The third-order valence-electron chi connectivity index (χ3n) is 4.23. The number of aryl methyl sites for hydroxylation is 1. The van der Waals surface area contributed by atoms with E-state index in [9.17, 15) is 14.4 Å². The predicted molar refractivity (Wildman–Crippen MR) is 122 cm³/mol. The first-order valence-corrected chi connectivity index (χ1v) is 10.4. The number of hydrogen-bond acceptors (Lipinski definition) is 4. The van der Waals surface area contributed by atoms with Gasteiger partial charge in [0.05, 0.1) is 20.5 Å². The minimum Gasteiger partial charge on any atom is -0.326 e. The van der Waals surface area contributed by atoms with E-state index in [1.165, 1.54) is 11.3 Å². The van der Waals surface area contributed by atoms with Crippen LogP contribution in [-0.4, -0.2) is 17.7 Å². The van der Waals surface area contributed by atoms with Gasteiger partial charge in [0.1, 0.15) is 0 Å². The van der Waals surface area contributed by atoms with E-state index in [0.717, 1.165) is 5.56 Å². The smallest absolute Gasteiger partial charge is 0.266 e. The van der Waals surface area contributed by atoms with Crippen molar-refractivity contribution in [2.45, 2.75) is 20.3 Å². The van der Waals surface area contributed by atoms with Crippen LogP contribution >= 0.6 is 22.9 Å². The molecule has 0 aliphatic rings. The molecule has 3 aromatic rings. The van der Waals surface area contributed by atoms with Crippen LogP contribution in [-0.2, 0) is 4.79 Å². The zero-order valence-corrected chi connectivity index (χ0v) is 18.0. The van der Waals surface area contributed by atoms with Crippen molar-refractivity contribution < 1.29 is 14.4 Å². The van der Waals surface area contributed by atoms with Crippen molar-refractivity contribution in [3.63, 3.8) is 0 Å². The Labute approximate surface area is 183 Å². The van der Waals surface area contributed by atoms with Gasteiger partial charge in [0.15, 0.2) is 0 Å². The lowest BCUT2D eigenvalue weighted by Gasteiger charge is -2.07. The molecule has 154 valence electrons. The monoisotopic (exact) mass is 441 g/mol. The molecule has 2 aromatic carbocycles. The summed E-state index contributed by atoms with van der Waals surface area (Å²) < 4.78 is 0. The van der Waals surface area contributed by atoms with E-state index < -0.39 is 0 Å². The molecule has 30 heavy (non-hydrogen) atoms. The van der Waals surface area contributed by atoms with E-state index in [1.807, 2.05) is 0 Å². The first-order valence-electron chi connectivity index (χ1n) is 9.25. The van der Waals surface area contributed by atoms with Crippen molar-refractivity contribution in [3.05, 3.63) is 75.6 Å². The van der Waals surface area contributed by atoms with E-state index in [1.54, 1.807) is 68.4 Å². The lowest BCUT2D eigenvalue weighted by molar-refractivity contribution is -0.115. The van der Waals surface area contributed by atoms with Crippen molar-refractivity contribution in [1.29, 1.82) is 0 Å². The molecular formula is C22H20ClN3O3S. The molecule has 0 fully saturated rings. The van der Waals surface area contributed by atoms with E-state index in [2.05, 4.69) is 16.0 Å². The summed E-state index contributed by atoms with van der Waals surface area (Å²) in [6, 6.07) is 15.4. The van der Waals surface area contributed by atoms with Crippen molar-refractivity contribution in [2.75, 3.05) is 16.0 Å².